The Morgan fingerprint density at radius 2 is 1.67 bits per heavy atom. The highest BCUT2D eigenvalue weighted by Crippen LogP contribution is 2.34. The Hall–Kier alpha value is -4.48. The lowest BCUT2D eigenvalue weighted by Crippen LogP contribution is -2.27. The van der Waals surface area contributed by atoms with E-state index in [0.717, 1.165) is 34.2 Å². The number of nitrogens with zero attached hydrogens (tertiary/aromatic N) is 2. The summed E-state index contributed by atoms with van der Waals surface area (Å²) in [5.74, 6) is -0.429. The third kappa shape index (κ3) is 5.54. The summed E-state index contributed by atoms with van der Waals surface area (Å²) >= 11 is 0.832. The van der Waals surface area contributed by atoms with E-state index in [4.69, 9.17) is 4.18 Å². The number of benzene rings is 4. The first kappa shape index (κ1) is 26.1. The molecule has 0 atom stereocenters. The average molecular weight is 561 g/mol. The maximum Gasteiger partial charge on any atom is 0.339 e. The van der Waals surface area contributed by atoms with Crippen LogP contribution in [0.2, 0.25) is 0 Å². The molecule has 0 aromatic heterocycles. The first-order valence-corrected chi connectivity index (χ1v) is 13.9. The maximum atomic E-state index is 13.0. The van der Waals surface area contributed by atoms with Crippen LogP contribution in [-0.4, -0.2) is 29.4 Å². The molecule has 0 saturated carbocycles. The summed E-state index contributed by atoms with van der Waals surface area (Å²) in [4.78, 5) is 37.1. The molecule has 2 amide bonds. The molecule has 196 valence electrons. The number of thioether (sulfide) groups is 1. The number of nitro benzene ring substituents is 1. The van der Waals surface area contributed by atoms with E-state index in [1.165, 1.54) is 36.1 Å². The molecular formula is C28H20N2O7S2. The van der Waals surface area contributed by atoms with Gasteiger partial charge >= 0.3 is 10.1 Å². The number of amides is 2. The van der Waals surface area contributed by atoms with E-state index in [1.54, 1.807) is 18.2 Å². The van der Waals surface area contributed by atoms with Gasteiger partial charge in [-0.1, -0.05) is 54.6 Å². The molecule has 39 heavy (non-hydrogen) atoms. The van der Waals surface area contributed by atoms with E-state index in [0.29, 0.717) is 11.1 Å². The van der Waals surface area contributed by atoms with Gasteiger partial charge in [-0.25, -0.2) is 0 Å². The van der Waals surface area contributed by atoms with Gasteiger partial charge in [-0.05, 0) is 70.9 Å². The van der Waals surface area contributed by atoms with Gasteiger partial charge in [0.05, 0.1) is 16.4 Å². The third-order valence-corrected chi connectivity index (χ3v) is 8.23. The van der Waals surface area contributed by atoms with Crippen molar-refractivity contribution in [3.63, 3.8) is 0 Å². The summed E-state index contributed by atoms with van der Waals surface area (Å²) in [6.07, 6.45) is 1.55. The van der Waals surface area contributed by atoms with Crippen LogP contribution in [0.25, 0.3) is 16.8 Å². The van der Waals surface area contributed by atoms with Crippen molar-refractivity contribution in [1.29, 1.82) is 0 Å². The second-order valence-corrected chi connectivity index (χ2v) is 11.3. The quantitative estimate of drug-likeness (QED) is 0.116. The van der Waals surface area contributed by atoms with Crippen molar-refractivity contribution in [2.75, 3.05) is 0 Å². The second kappa shape index (κ2) is 10.4. The Labute approximate surface area is 228 Å². The molecule has 0 radical (unpaired) electrons. The van der Waals surface area contributed by atoms with Crippen molar-refractivity contribution >= 4 is 55.6 Å². The minimum atomic E-state index is -4.32. The van der Waals surface area contributed by atoms with Gasteiger partial charge < -0.3 is 4.18 Å². The smallest absolute Gasteiger partial charge is 0.339 e. The monoisotopic (exact) mass is 560 g/mol. The van der Waals surface area contributed by atoms with Crippen LogP contribution in [0.1, 0.15) is 16.7 Å². The Morgan fingerprint density at radius 1 is 0.949 bits per heavy atom. The summed E-state index contributed by atoms with van der Waals surface area (Å²) in [7, 11) is -4.32. The van der Waals surface area contributed by atoms with Crippen LogP contribution < -0.4 is 4.18 Å². The molecule has 0 spiro atoms. The summed E-state index contributed by atoms with van der Waals surface area (Å²) in [5.41, 5.74) is 1.38. The van der Waals surface area contributed by atoms with Gasteiger partial charge in [0.2, 0.25) is 0 Å². The van der Waals surface area contributed by atoms with Crippen molar-refractivity contribution < 1.29 is 27.1 Å². The molecular weight excluding hydrogens is 540 g/mol. The van der Waals surface area contributed by atoms with Gasteiger partial charge in [0.1, 0.15) is 10.6 Å². The number of hydrogen-bond donors (Lipinski definition) is 0. The fourth-order valence-electron chi connectivity index (χ4n) is 4.04. The highest BCUT2D eigenvalue weighted by Gasteiger charge is 2.35. The van der Waals surface area contributed by atoms with Crippen molar-refractivity contribution in [2.45, 2.75) is 18.4 Å². The fraction of sp³-hybridized carbons (Fsp3) is 0.0714. The molecule has 9 nitrogen and oxygen atoms in total. The van der Waals surface area contributed by atoms with Gasteiger partial charge in [0.15, 0.2) is 0 Å². The molecule has 4 aromatic rings. The highest BCUT2D eigenvalue weighted by atomic mass is 32.2. The largest absolute Gasteiger partial charge is 0.379 e. The van der Waals surface area contributed by atoms with E-state index in [-0.39, 0.29) is 33.0 Å². The summed E-state index contributed by atoms with van der Waals surface area (Å²) in [6.45, 7) is 1.65. The molecule has 0 aliphatic carbocycles. The zero-order valence-corrected chi connectivity index (χ0v) is 22.1. The predicted molar refractivity (Wildman–Crippen MR) is 148 cm³/mol. The average Bonchev–Trinajstić information content (AvgIpc) is 3.16. The molecule has 0 unspecified atom stereocenters. The number of nitro groups is 1. The number of fused-ring (bicyclic) bond motifs is 1. The van der Waals surface area contributed by atoms with E-state index in [2.05, 4.69) is 0 Å². The number of carbonyl (C=O) groups excluding carboxylic acids is 2. The van der Waals surface area contributed by atoms with E-state index in [1.807, 2.05) is 42.5 Å². The molecule has 4 aromatic carbocycles. The number of rotatable bonds is 7. The first-order valence-electron chi connectivity index (χ1n) is 11.6. The Bertz CT molecular complexity index is 1780. The Kier molecular flexibility index (Phi) is 6.94. The number of carbonyl (C=O) groups is 2. The van der Waals surface area contributed by atoms with Gasteiger partial charge in [-0.2, -0.15) is 8.42 Å². The highest BCUT2D eigenvalue weighted by molar-refractivity contribution is 8.18. The van der Waals surface area contributed by atoms with Crippen LogP contribution in [0.3, 0.4) is 0 Å². The maximum absolute atomic E-state index is 13.0. The lowest BCUT2D eigenvalue weighted by atomic mass is 10.1. The van der Waals surface area contributed by atoms with Crippen molar-refractivity contribution in [1.82, 2.24) is 4.90 Å². The van der Waals surface area contributed by atoms with Crippen molar-refractivity contribution in [2.24, 2.45) is 0 Å². The molecule has 11 heteroatoms. The van der Waals surface area contributed by atoms with Gasteiger partial charge in [0, 0.05) is 11.6 Å². The van der Waals surface area contributed by atoms with Crippen LogP contribution in [0.4, 0.5) is 10.5 Å². The number of hydrogen-bond acceptors (Lipinski definition) is 8. The van der Waals surface area contributed by atoms with Crippen LogP contribution in [0.5, 0.6) is 5.75 Å². The topological polar surface area (TPSA) is 124 Å². The molecule has 0 bridgehead atoms. The van der Waals surface area contributed by atoms with Crippen LogP contribution >= 0.6 is 11.8 Å². The van der Waals surface area contributed by atoms with Gasteiger partial charge in [-0.3, -0.25) is 24.6 Å². The minimum absolute atomic E-state index is 0.0141. The predicted octanol–water partition coefficient (Wildman–Crippen LogP) is 6.06. The Balaban J connectivity index is 1.29. The fourth-order valence-corrected chi connectivity index (χ4v) is 5.83. The van der Waals surface area contributed by atoms with Crippen LogP contribution in [-0.2, 0) is 21.5 Å². The van der Waals surface area contributed by atoms with Gasteiger partial charge in [0.25, 0.3) is 16.8 Å². The molecule has 1 aliphatic rings. The molecule has 1 aliphatic heterocycles. The Morgan fingerprint density at radius 3 is 2.38 bits per heavy atom. The normalized spacial score (nSPS) is 14.8. The summed E-state index contributed by atoms with van der Waals surface area (Å²) in [6, 6.07) is 23.0. The van der Waals surface area contributed by atoms with Crippen LogP contribution in [0, 0.1) is 17.0 Å². The SMILES string of the molecule is Cc1ccc(S(=O)(=O)Oc2ccc(/C=C3\SC(=O)N(Cc4ccc5ccccc5c4)C3=O)cc2)cc1[N+](=O)[O-]. The van der Waals surface area contributed by atoms with Gasteiger partial charge in [-0.15, -0.1) is 0 Å². The van der Waals surface area contributed by atoms with Crippen molar-refractivity contribution in [3.05, 3.63) is 117 Å². The van der Waals surface area contributed by atoms with Crippen molar-refractivity contribution in [3.8, 4) is 5.75 Å². The van der Waals surface area contributed by atoms with E-state index >= 15 is 0 Å². The zero-order valence-electron chi connectivity index (χ0n) is 20.4. The van der Waals surface area contributed by atoms with Crippen LogP contribution in [0.15, 0.2) is 94.7 Å². The van der Waals surface area contributed by atoms with E-state index in [9.17, 15) is 28.1 Å². The summed E-state index contributed by atoms with van der Waals surface area (Å²) in [5, 5.41) is 12.9. The molecule has 1 heterocycles. The second-order valence-electron chi connectivity index (χ2n) is 8.76. The first-order chi connectivity index (χ1) is 18.6. The lowest BCUT2D eigenvalue weighted by Gasteiger charge is -2.13. The molecule has 0 N–H and O–H groups in total. The standard InChI is InChI=1S/C28H20N2O7S2/c1-18-6-13-24(16-25(18)30(33)34)39(35,36)37-23-11-8-19(9-12-23)15-26-27(31)29(28(32)38-26)17-20-7-10-21-4-2-3-5-22(21)14-20/h2-16H,17H2,1H3/b26-15-. The molecule has 5 rings (SSSR count). The number of imide groups is 1. The zero-order chi connectivity index (χ0) is 27.7. The molecule has 1 fully saturated rings. The number of aryl methyl sites for hydroxylation is 1. The lowest BCUT2D eigenvalue weighted by molar-refractivity contribution is -0.385. The third-order valence-electron chi connectivity index (χ3n) is 6.08. The molecule has 1 saturated heterocycles. The summed E-state index contributed by atoms with van der Waals surface area (Å²) < 4.78 is 30.4. The minimum Gasteiger partial charge on any atom is -0.379 e. The van der Waals surface area contributed by atoms with E-state index < -0.39 is 20.9 Å².